The number of carbonyl (C=O) groups is 1. The van der Waals surface area contributed by atoms with Gasteiger partial charge in [-0.05, 0) is 76.1 Å². The summed E-state index contributed by atoms with van der Waals surface area (Å²) in [4.78, 5) is 35.6. The zero-order valence-electron chi connectivity index (χ0n) is 20.9. The molecule has 5 aromatic rings. The number of hydrogen-bond donors (Lipinski definition) is 1. The molecular weight excluding hydrogens is 616 g/mol. The lowest BCUT2D eigenvalue weighted by atomic mass is 10.1. The second-order valence-corrected chi connectivity index (χ2v) is 11.1. The Morgan fingerprint density at radius 2 is 1.59 bits per heavy atom. The van der Waals surface area contributed by atoms with Crippen LogP contribution in [0.2, 0.25) is 0 Å². The summed E-state index contributed by atoms with van der Waals surface area (Å²) in [5.74, 6) is -0.435. The van der Waals surface area contributed by atoms with E-state index in [0.29, 0.717) is 31.8 Å². The Kier molecular flexibility index (Phi) is 7.64. The molecule has 0 bridgehead atoms. The average molecular weight is 635 g/mol. The fourth-order valence-corrected chi connectivity index (χ4v) is 5.70. The molecule has 13 heteroatoms. The molecular formula is C28H19BrN4O7S. The van der Waals surface area contributed by atoms with Crippen molar-refractivity contribution in [3.63, 3.8) is 0 Å². The van der Waals surface area contributed by atoms with Crippen LogP contribution in [0.5, 0.6) is 5.75 Å². The molecule has 0 atom stereocenters. The van der Waals surface area contributed by atoms with Gasteiger partial charge in [0.2, 0.25) is 0 Å². The van der Waals surface area contributed by atoms with Gasteiger partial charge in [-0.2, -0.15) is 13.5 Å². The molecule has 11 nitrogen and oxygen atoms in total. The van der Waals surface area contributed by atoms with Gasteiger partial charge in [-0.25, -0.2) is 5.43 Å². The minimum Gasteiger partial charge on any atom is -0.378 e. The van der Waals surface area contributed by atoms with E-state index in [9.17, 15) is 28.1 Å². The molecule has 0 fully saturated rings. The second kappa shape index (κ2) is 11.3. The summed E-state index contributed by atoms with van der Waals surface area (Å²) in [6, 6.07) is 22.9. The molecule has 5 rings (SSSR count). The van der Waals surface area contributed by atoms with Crippen LogP contribution in [0.25, 0.3) is 21.8 Å². The fraction of sp³-hybridized carbons (Fsp3) is 0.0357. The second-order valence-electron chi connectivity index (χ2n) is 8.72. The number of rotatable bonds is 8. The predicted molar refractivity (Wildman–Crippen MR) is 157 cm³/mol. The topological polar surface area (TPSA) is 150 Å². The van der Waals surface area contributed by atoms with Crippen LogP contribution >= 0.6 is 15.9 Å². The van der Waals surface area contributed by atoms with Crippen molar-refractivity contribution in [1.82, 2.24) is 9.99 Å². The molecule has 0 aliphatic heterocycles. The van der Waals surface area contributed by atoms with Crippen molar-refractivity contribution in [1.29, 1.82) is 0 Å². The van der Waals surface area contributed by atoms with E-state index in [0.717, 1.165) is 24.3 Å². The maximum atomic E-state index is 12.9. The standard InChI is InChI=1S/C28H19BrN4O7S/c29-23-15-18(9-14-26(23)40-41(38,39)20-12-10-19(11-13-20)33(36)37)16-30-31-27(34)17-32-24-7-3-1-5-21(24)28(35)22-6-2-4-8-25(22)32/h1-16H,17H2,(H,31,34)/b30-16-. The van der Waals surface area contributed by atoms with E-state index >= 15 is 0 Å². The van der Waals surface area contributed by atoms with E-state index in [1.165, 1.54) is 18.3 Å². The van der Waals surface area contributed by atoms with Crippen molar-refractivity contribution in [3.05, 3.63) is 121 Å². The Hall–Kier alpha value is -4.88. The summed E-state index contributed by atoms with van der Waals surface area (Å²) >= 11 is 3.26. The molecule has 1 amide bonds. The molecule has 41 heavy (non-hydrogen) atoms. The van der Waals surface area contributed by atoms with E-state index in [4.69, 9.17) is 4.18 Å². The summed E-state index contributed by atoms with van der Waals surface area (Å²) < 4.78 is 32.4. The largest absolute Gasteiger partial charge is 0.378 e. The zero-order chi connectivity index (χ0) is 29.1. The fourth-order valence-electron chi connectivity index (χ4n) is 4.17. The highest BCUT2D eigenvalue weighted by Gasteiger charge is 2.20. The molecule has 0 saturated heterocycles. The summed E-state index contributed by atoms with van der Waals surface area (Å²) in [7, 11) is -4.25. The number of pyridine rings is 1. The summed E-state index contributed by atoms with van der Waals surface area (Å²) in [5, 5.41) is 15.8. The average Bonchev–Trinajstić information content (AvgIpc) is 2.96. The lowest BCUT2D eigenvalue weighted by molar-refractivity contribution is -0.384. The Balaban J connectivity index is 1.29. The van der Waals surface area contributed by atoms with Gasteiger partial charge in [0.15, 0.2) is 11.2 Å². The number of benzene rings is 4. The quantitative estimate of drug-likeness (QED) is 0.0851. The molecule has 0 aliphatic carbocycles. The lowest BCUT2D eigenvalue weighted by Crippen LogP contribution is -2.25. The van der Waals surface area contributed by atoms with Crippen molar-refractivity contribution in [2.45, 2.75) is 11.4 Å². The number of hydrogen-bond acceptors (Lipinski definition) is 8. The number of amides is 1. The monoisotopic (exact) mass is 634 g/mol. The van der Waals surface area contributed by atoms with Crippen molar-refractivity contribution >= 4 is 65.7 Å². The minimum atomic E-state index is -4.25. The van der Waals surface area contributed by atoms with Crippen molar-refractivity contribution in [3.8, 4) is 5.75 Å². The van der Waals surface area contributed by atoms with Crippen LogP contribution in [0.1, 0.15) is 5.56 Å². The number of para-hydroxylation sites is 2. The number of aromatic nitrogens is 1. The SMILES string of the molecule is O=C(Cn1c2ccccc2c(=O)c2ccccc21)N/N=C\c1ccc(OS(=O)(=O)c2ccc([N+](=O)[O-])cc2)c(Br)c1. The van der Waals surface area contributed by atoms with E-state index in [2.05, 4.69) is 26.5 Å². The smallest absolute Gasteiger partial charge is 0.339 e. The number of hydrazone groups is 1. The van der Waals surface area contributed by atoms with Crippen LogP contribution in [0.3, 0.4) is 0 Å². The van der Waals surface area contributed by atoms with Gasteiger partial charge in [0, 0.05) is 22.9 Å². The number of nitro benzene ring substituents is 1. The Labute approximate surface area is 241 Å². The molecule has 1 N–H and O–H groups in total. The van der Waals surface area contributed by atoms with Crippen LogP contribution in [0.15, 0.2) is 110 Å². The van der Waals surface area contributed by atoms with Crippen LogP contribution in [-0.4, -0.2) is 30.0 Å². The molecule has 0 radical (unpaired) electrons. The molecule has 0 spiro atoms. The predicted octanol–water partition coefficient (Wildman–Crippen LogP) is 4.74. The highest BCUT2D eigenvalue weighted by Crippen LogP contribution is 2.29. The van der Waals surface area contributed by atoms with Crippen LogP contribution in [0, 0.1) is 10.1 Å². The van der Waals surface area contributed by atoms with Gasteiger partial charge < -0.3 is 8.75 Å². The zero-order valence-corrected chi connectivity index (χ0v) is 23.3. The van der Waals surface area contributed by atoms with Gasteiger partial charge in [-0.3, -0.25) is 19.7 Å². The molecule has 4 aromatic carbocycles. The van der Waals surface area contributed by atoms with Gasteiger partial charge >= 0.3 is 10.1 Å². The maximum Gasteiger partial charge on any atom is 0.339 e. The van der Waals surface area contributed by atoms with Crippen molar-refractivity contribution in [2.24, 2.45) is 5.10 Å². The highest BCUT2D eigenvalue weighted by atomic mass is 79.9. The minimum absolute atomic E-state index is 0.0125. The number of fused-ring (bicyclic) bond motifs is 2. The van der Waals surface area contributed by atoms with Gasteiger partial charge in [0.25, 0.3) is 11.6 Å². The molecule has 1 aromatic heterocycles. The first-order chi connectivity index (χ1) is 19.6. The number of halogens is 1. The third kappa shape index (κ3) is 5.85. The molecule has 1 heterocycles. The molecule has 0 unspecified atom stereocenters. The Morgan fingerprint density at radius 3 is 2.17 bits per heavy atom. The summed E-state index contributed by atoms with van der Waals surface area (Å²) in [5.41, 5.74) is 3.89. The van der Waals surface area contributed by atoms with Crippen molar-refractivity contribution in [2.75, 3.05) is 0 Å². The number of non-ortho nitro benzene ring substituents is 1. The normalized spacial score (nSPS) is 11.6. The van der Waals surface area contributed by atoms with E-state index in [1.54, 1.807) is 59.2 Å². The van der Waals surface area contributed by atoms with Gasteiger partial charge in [-0.15, -0.1) is 0 Å². The van der Waals surface area contributed by atoms with Crippen LogP contribution in [0.4, 0.5) is 5.69 Å². The van der Waals surface area contributed by atoms with Gasteiger partial charge in [-0.1, -0.05) is 24.3 Å². The Bertz CT molecular complexity index is 1960. The molecule has 0 aliphatic rings. The third-order valence-electron chi connectivity index (χ3n) is 6.08. The van der Waals surface area contributed by atoms with E-state index in [-0.39, 0.29) is 28.3 Å². The molecule has 0 saturated carbocycles. The first-order valence-electron chi connectivity index (χ1n) is 11.9. The van der Waals surface area contributed by atoms with Crippen LogP contribution in [-0.2, 0) is 21.5 Å². The first-order valence-corrected chi connectivity index (χ1v) is 14.1. The maximum absolute atomic E-state index is 12.9. The Morgan fingerprint density at radius 1 is 0.976 bits per heavy atom. The molecule has 206 valence electrons. The number of nitrogens with zero attached hydrogens (tertiary/aromatic N) is 3. The van der Waals surface area contributed by atoms with Gasteiger partial charge in [0.05, 0.1) is 26.6 Å². The third-order valence-corrected chi connectivity index (χ3v) is 7.94. The lowest BCUT2D eigenvalue weighted by Gasteiger charge is -2.14. The number of nitrogens with one attached hydrogen (secondary N) is 1. The van der Waals surface area contributed by atoms with Crippen LogP contribution < -0.4 is 15.0 Å². The number of nitro groups is 1. The van der Waals surface area contributed by atoms with E-state index < -0.39 is 20.9 Å². The van der Waals surface area contributed by atoms with Crippen molar-refractivity contribution < 1.29 is 22.3 Å². The number of carbonyl (C=O) groups excluding carboxylic acids is 1. The summed E-state index contributed by atoms with van der Waals surface area (Å²) in [6.07, 6.45) is 1.37. The van der Waals surface area contributed by atoms with Gasteiger partial charge in [0.1, 0.15) is 11.4 Å². The summed E-state index contributed by atoms with van der Waals surface area (Å²) in [6.45, 7) is -0.0877. The first kappa shape index (κ1) is 27.7. The van der Waals surface area contributed by atoms with E-state index in [1.807, 2.05) is 0 Å². The highest BCUT2D eigenvalue weighted by molar-refractivity contribution is 9.10.